The first-order valence-corrected chi connectivity index (χ1v) is 8.66. The summed E-state index contributed by atoms with van der Waals surface area (Å²) in [6.07, 6.45) is 3.79. The molecule has 132 valence electrons. The van der Waals surface area contributed by atoms with Crippen molar-refractivity contribution in [2.75, 3.05) is 31.7 Å². The van der Waals surface area contributed by atoms with Crippen molar-refractivity contribution in [1.29, 1.82) is 0 Å². The van der Waals surface area contributed by atoms with E-state index in [0.717, 1.165) is 43.1 Å². The van der Waals surface area contributed by atoms with Gasteiger partial charge in [-0.1, -0.05) is 28.9 Å². The molecule has 6 nitrogen and oxygen atoms in total. The summed E-state index contributed by atoms with van der Waals surface area (Å²) in [5.41, 5.74) is 0.954. The van der Waals surface area contributed by atoms with Gasteiger partial charge in [-0.05, 0) is 48.6 Å². The van der Waals surface area contributed by atoms with Gasteiger partial charge in [-0.25, -0.2) is 0 Å². The second-order valence-electron chi connectivity index (χ2n) is 5.95. The Hall–Kier alpha value is -2.34. The number of hydrogen-bond donors (Lipinski definition) is 0. The minimum Gasteiger partial charge on any atom is -0.493 e. The van der Waals surface area contributed by atoms with Gasteiger partial charge in [0.15, 0.2) is 11.0 Å². The number of ether oxygens (including phenoxy) is 1. The van der Waals surface area contributed by atoms with Crippen LogP contribution in [0.1, 0.15) is 18.4 Å². The number of piperidine rings is 1. The lowest BCUT2D eigenvalue weighted by Crippen LogP contribution is -2.36. The second kappa shape index (κ2) is 8.67. The Morgan fingerprint density at radius 1 is 1.24 bits per heavy atom. The van der Waals surface area contributed by atoms with E-state index in [0.29, 0.717) is 17.7 Å². The number of benzene rings is 1. The van der Waals surface area contributed by atoms with Crippen molar-refractivity contribution < 1.29 is 9.57 Å². The topological polar surface area (TPSA) is 59.8 Å². The fourth-order valence-electron chi connectivity index (χ4n) is 2.82. The largest absolute Gasteiger partial charge is 0.493 e. The third-order valence-corrected chi connectivity index (χ3v) is 4.41. The molecule has 1 aromatic heterocycles. The average molecular weight is 361 g/mol. The normalized spacial score (nSPS) is 15.5. The molecule has 1 aliphatic rings. The molecular formula is C18H21ClN4O2. The Morgan fingerprint density at radius 2 is 2.08 bits per heavy atom. The van der Waals surface area contributed by atoms with E-state index in [1.807, 2.05) is 30.3 Å². The molecular weight excluding hydrogens is 340 g/mol. The third-order valence-electron chi connectivity index (χ3n) is 4.21. The lowest BCUT2D eigenvalue weighted by atomic mass is 9.98. The number of halogens is 1. The standard InChI is InChI=1S/C18H21ClN4O2/c1-24-20-12-15-3-2-4-16(11-15)25-13-14-7-9-23(10-8-14)18-6-5-17(19)21-22-18/h2-6,11-12,14H,7-10,13H2,1H3/b20-12+. The van der Waals surface area contributed by atoms with Gasteiger partial charge in [-0.15, -0.1) is 10.2 Å². The van der Waals surface area contributed by atoms with Crippen LogP contribution in [0.4, 0.5) is 5.82 Å². The van der Waals surface area contributed by atoms with Crippen molar-refractivity contribution in [3.05, 3.63) is 47.1 Å². The van der Waals surface area contributed by atoms with Crippen molar-refractivity contribution in [3.8, 4) is 5.75 Å². The molecule has 0 radical (unpaired) electrons. The van der Waals surface area contributed by atoms with Gasteiger partial charge in [-0.2, -0.15) is 0 Å². The predicted molar refractivity (Wildman–Crippen MR) is 98.5 cm³/mol. The number of aromatic nitrogens is 2. The molecule has 0 spiro atoms. The van der Waals surface area contributed by atoms with Gasteiger partial charge in [0.1, 0.15) is 12.9 Å². The van der Waals surface area contributed by atoms with Gasteiger partial charge in [0.05, 0.1) is 12.8 Å². The van der Waals surface area contributed by atoms with Crippen molar-refractivity contribution in [3.63, 3.8) is 0 Å². The quantitative estimate of drug-likeness (QED) is 0.583. The lowest BCUT2D eigenvalue weighted by molar-refractivity contribution is 0.215. The van der Waals surface area contributed by atoms with E-state index in [2.05, 4.69) is 20.3 Å². The van der Waals surface area contributed by atoms with E-state index < -0.39 is 0 Å². The van der Waals surface area contributed by atoms with Gasteiger partial charge < -0.3 is 14.5 Å². The van der Waals surface area contributed by atoms with Gasteiger partial charge in [0, 0.05) is 13.1 Å². The summed E-state index contributed by atoms with van der Waals surface area (Å²) < 4.78 is 5.96. The Morgan fingerprint density at radius 3 is 2.80 bits per heavy atom. The number of rotatable bonds is 6. The maximum absolute atomic E-state index is 5.96. The first-order chi connectivity index (χ1) is 12.2. The maximum Gasteiger partial charge on any atom is 0.151 e. The fraction of sp³-hybridized carbons (Fsp3) is 0.389. The first kappa shape index (κ1) is 17.5. The van der Waals surface area contributed by atoms with E-state index in [1.165, 1.54) is 7.11 Å². The summed E-state index contributed by atoms with van der Waals surface area (Å²) in [6, 6.07) is 11.5. The Bertz CT molecular complexity index is 700. The summed E-state index contributed by atoms with van der Waals surface area (Å²) in [4.78, 5) is 6.94. The Labute approximate surface area is 152 Å². The van der Waals surface area contributed by atoms with Crippen LogP contribution in [0.15, 0.2) is 41.6 Å². The molecule has 1 saturated heterocycles. The molecule has 0 unspecified atom stereocenters. The molecule has 0 aliphatic carbocycles. The SMILES string of the molecule is CO/N=C/c1cccc(OCC2CCN(c3ccc(Cl)nn3)CC2)c1. The molecule has 0 atom stereocenters. The molecule has 0 saturated carbocycles. The lowest BCUT2D eigenvalue weighted by Gasteiger charge is -2.32. The van der Waals surface area contributed by atoms with Crippen LogP contribution in [0.5, 0.6) is 5.75 Å². The van der Waals surface area contributed by atoms with Gasteiger partial charge in [-0.3, -0.25) is 0 Å². The predicted octanol–water partition coefficient (Wildman–Crippen LogP) is 3.41. The van der Waals surface area contributed by atoms with Crippen LogP contribution in [0, 0.1) is 5.92 Å². The van der Waals surface area contributed by atoms with Crippen molar-refractivity contribution in [1.82, 2.24) is 10.2 Å². The Balaban J connectivity index is 1.48. The minimum atomic E-state index is 0.421. The van der Waals surface area contributed by atoms with Crippen LogP contribution in [0.3, 0.4) is 0 Å². The summed E-state index contributed by atoms with van der Waals surface area (Å²) in [5, 5.41) is 12.2. The highest BCUT2D eigenvalue weighted by molar-refractivity contribution is 6.29. The van der Waals surface area contributed by atoms with Crippen molar-refractivity contribution in [2.24, 2.45) is 11.1 Å². The Kier molecular flexibility index (Phi) is 6.06. The zero-order chi connectivity index (χ0) is 17.5. The van der Waals surface area contributed by atoms with Crippen LogP contribution in [0.2, 0.25) is 5.15 Å². The second-order valence-corrected chi connectivity index (χ2v) is 6.33. The maximum atomic E-state index is 5.96. The molecule has 0 amide bonds. The van der Waals surface area contributed by atoms with Crippen LogP contribution in [-0.4, -0.2) is 43.2 Å². The molecule has 1 aromatic carbocycles. The summed E-state index contributed by atoms with van der Waals surface area (Å²) >= 11 is 5.79. The monoisotopic (exact) mass is 360 g/mol. The van der Waals surface area contributed by atoms with Crippen molar-refractivity contribution in [2.45, 2.75) is 12.8 Å². The third kappa shape index (κ3) is 5.06. The van der Waals surface area contributed by atoms with Gasteiger partial charge in [0.2, 0.25) is 0 Å². The van der Waals surface area contributed by atoms with E-state index >= 15 is 0 Å². The summed E-state index contributed by atoms with van der Waals surface area (Å²) in [6.45, 7) is 2.61. The van der Waals surface area contributed by atoms with E-state index in [4.69, 9.17) is 21.2 Å². The van der Waals surface area contributed by atoms with E-state index in [1.54, 1.807) is 12.3 Å². The number of anilines is 1. The summed E-state index contributed by atoms with van der Waals surface area (Å²) in [7, 11) is 1.53. The molecule has 2 heterocycles. The molecule has 0 bridgehead atoms. The van der Waals surface area contributed by atoms with Crippen LogP contribution < -0.4 is 9.64 Å². The molecule has 1 aliphatic heterocycles. The van der Waals surface area contributed by atoms with Crippen LogP contribution in [-0.2, 0) is 4.84 Å². The molecule has 2 aromatic rings. The smallest absolute Gasteiger partial charge is 0.151 e. The molecule has 3 rings (SSSR count). The molecule has 1 fully saturated rings. The highest BCUT2D eigenvalue weighted by Gasteiger charge is 2.21. The highest BCUT2D eigenvalue weighted by Crippen LogP contribution is 2.23. The first-order valence-electron chi connectivity index (χ1n) is 8.28. The average Bonchev–Trinajstić information content (AvgIpc) is 2.66. The van der Waals surface area contributed by atoms with Gasteiger partial charge >= 0.3 is 0 Å². The minimum absolute atomic E-state index is 0.421. The van der Waals surface area contributed by atoms with Crippen LogP contribution in [0.25, 0.3) is 0 Å². The van der Waals surface area contributed by atoms with Gasteiger partial charge in [0.25, 0.3) is 0 Å². The number of hydrogen-bond acceptors (Lipinski definition) is 6. The number of oxime groups is 1. The molecule has 7 heteroatoms. The number of nitrogens with zero attached hydrogens (tertiary/aromatic N) is 4. The van der Waals surface area contributed by atoms with Crippen LogP contribution >= 0.6 is 11.6 Å². The fourth-order valence-corrected chi connectivity index (χ4v) is 2.92. The summed E-state index contributed by atoms with van der Waals surface area (Å²) in [5.74, 6) is 2.27. The molecule has 25 heavy (non-hydrogen) atoms. The highest BCUT2D eigenvalue weighted by atomic mass is 35.5. The zero-order valence-corrected chi connectivity index (χ0v) is 14.9. The van der Waals surface area contributed by atoms with Crippen molar-refractivity contribution >= 4 is 23.6 Å². The van der Waals surface area contributed by atoms with E-state index in [9.17, 15) is 0 Å². The molecule has 0 N–H and O–H groups in total. The zero-order valence-electron chi connectivity index (χ0n) is 14.1. The van der Waals surface area contributed by atoms with E-state index in [-0.39, 0.29) is 0 Å².